The highest BCUT2D eigenvalue weighted by atomic mass is 16.7. The predicted molar refractivity (Wildman–Crippen MR) is 321 cm³/mol. The van der Waals surface area contributed by atoms with Crippen molar-refractivity contribution in [3.05, 3.63) is 97.2 Å². The standard InChI is InChI=1S/C67H110O12/c1-4-7-10-13-16-19-22-24-26-28-30-32-34-36-39-41-44-47-50-53-59(68)75-56-58(77-60(69)54-51-48-45-42-38-21-18-15-12-9-6-3)57-76-67-65(63(72)62(71)64(79-67)66(73)74)78-61(70)55-52-49-46-43-40-37-35-33-31-29-27-25-23-20-17-14-11-8-5-2/h7,10,16-17,19-20,24-27,30-33,36,39,58,62-65,67,71-72H,4-6,8-9,11-15,18,21-23,28-29,34-35,37-38,40-57H2,1-3H3,(H,73,74)/b10-7-,19-16-,20-17-,26-24-,27-25-,32-30-,33-31-,39-36-. The van der Waals surface area contributed by atoms with E-state index >= 15 is 0 Å². The van der Waals surface area contributed by atoms with Gasteiger partial charge in [0.15, 0.2) is 24.6 Å². The van der Waals surface area contributed by atoms with E-state index < -0.39 is 67.3 Å². The monoisotopic (exact) mass is 1110 g/mol. The van der Waals surface area contributed by atoms with Crippen molar-refractivity contribution in [2.45, 2.75) is 289 Å². The van der Waals surface area contributed by atoms with Crippen molar-refractivity contribution in [1.82, 2.24) is 0 Å². The molecule has 12 nitrogen and oxygen atoms in total. The number of esters is 3. The Morgan fingerprint density at radius 2 is 0.797 bits per heavy atom. The fourth-order valence-corrected chi connectivity index (χ4v) is 8.87. The molecule has 0 saturated carbocycles. The molecule has 0 spiro atoms. The van der Waals surface area contributed by atoms with E-state index in [1.54, 1.807) is 0 Å². The third kappa shape index (κ3) is 44.0. The topological polar surface area (TPSA) is 175 Å². The lowest BCUT2D eigenvalue weighted by Gasteiger charge is -2.40. The summed E-state index contributed by atoms with van der Waals surface area (Å²) in [5.74, 6) is -3.18. The summed E-state index contributed by atoms with van der Waals surface area (Å²) in [6, 6.07) is 0. The van der Waals surface area contributed by atoms with Crippen molar-refractivity contribution in [1.29, 1.82) is 0 Å². The van der Waals surface area contributed by atoms with E-state index in [-0.39, 0.29) is 25.9 Å². The molecule has 79 heavy (non-hydrogen) atoms. The molecule has 1 saturated heterocycles. The molecule has 0 bridgehead atoms. The summed E-state index contributed by atoms with van der Waals surface area (Å²) in [5.41, 5.74) is 0. The largest absolute Gasteiger partial charge is 0.479 e. The second-order valence-electron chi connectivity index (χ2n) is 21.0. The van der Waals surface area contributed by atoms with Crippen LogP contribution in [0.25, 0.3) is 0 Å². The maximum absolute atomic E-state index is 13.1. The van der Waals surface area contributed by atoms with Crippen molar-refractivity contribution in [3.63, 3.8) is 0 Å². The van der Waals surface area contributed by atoms with Crippen molar-refractivity contribution in [2.24, 2.45) is 0 Å². The Morgan fingerprint density at radius 3 is 1.25 bits per heavy atom. The number of carbonyl (C=O) groups is 4. The molecule has 0 amide bonds. The van der Waals surface area contributed by atoms with Gasteiger partial charge in [-0.15, -0.1) is 0 Å². The zero-order valence-corrected chi connectivity index (χ0v) is 49.6. The quantitative estimate of drug-likeness (QED) is 0.0228. The van der Waals surface area contributed by atoms with E-state index in [1.807, 2.05) is 0 Å². The van der Waals surface area contributed by atoms with E-state index in [0.29, 0.717) is 19.3 Å². The van der Waals surface area contributed by atoms with Crippen molar-refractivity contribution in [2.75, 3.05) is 13.2 Å². The van der Waals surface area contributed by atoms with Crippen LogP contribution in [0, 0.1) is 0 Å². The van der Waals surface area contributed by atoms with E-state index in [2.05, 4.69) is 118 Å². The molecule has 1 heterocycles. The molecule has 1 rings (SSSR count). The fraction of sp³-hybridized carbons (Fsp3) is 0.701. The van der Waals surface area contributed by atoms with Crippen LogP contribution in [0.1, 0.15) is 252 Å². The SMILES string of the molecule is CC/C=C\C/C=C\C/C=C\C/C=C\C/C=C\CCCCCC(=O)OCC(COC1OC(C(=O)O)C(O)C(O)C1OC(=O)CCCCCCCC/C=C\C/C=C\C/C=C\CCCCC)OC(=O)CCCCCCCCCCCCC. The number of carboxylic acids is 1. The summed E-state index contributed by atoms with van der Waals surface area (Å²) >= 11 is 0. The molecular formula is C67H110O12. The molecule has 12 heteroatoms. The van der Waals surface area contributed by atoms with Crippen LogP contribution in [0.2, 0.25) is 0 Å². The minimum absolute atomic E-state index is 0.0396. The number of hydrogen-bond acceptors (Lipinski definition) is 11. The number of aliphatic hydroxyl groups excluding tert-OH is 2. The molecular weight excluding hydrogens is 997 g/mol. The van der Waals surface area contributed by atoms with Gasteiger partial charge in [0.25, 0.3) is 0 Å². The molecule has 3 N–H and O–H groups in total. The van der Waals surface area contributed by atoms with Crippen LogP contribution >= 0.6 is 0 Å². The Balaban J connectivity index is 2.67. The summed E-state index contributed by atoms with van der Waals surface area (Å²) in [4.78, 5) is 51.2. The molecule has 1 aliphatic rings. The zero-order chi connectivity index (χ0) is 57.5. The Kier molecular flexibility index (Phi) is 49.9. The average molecular weight is 1110 g/mol. The minimum atomic E-state index is -1.92. The Morgan fingerprint density at radius 1 is 0.430 bits per heavy atom. The van der Waals surface area contributed by atoms with E-state index in [9.17, 15) is 34.5 Å². The summed E-state index contributed by atoms with van der Waals surface area (Å²) in [5, 5.41) is 31.5. The van der Waals surface area contributed by atoms with Crippen molar-refractivity contribution < 1.29 is 58.2 Å². The van der Waals surface area contributed by atoms with E-state index in [1.165, 1.54) is 64.2 Å². The van der Waals surface area contributed by atoms with Gasteiger partial charge in [0.2, 0.25) is 0 Å². The number of carboxylic acid groups (broad SMARTS) is 1. The summed E-state index contributed by atoms with van der Waals surface area (Å²) < 4.78 is 28.4. The van der Waals surface area contributed by atoms with Gasteiger partial charge in [0.1, 0.15) is 18.8 Å². The van der Waals surface area contributed by atoms with Crippen LogP contribution in [0.15, 0.2) is 97.2 Å². The zero-order valence-electron chi connectivity index (χ0n) is 49.6. The van der Waals surface area contributed by atoms with Gasteiger partial charge in [-0.25, -0.2) is 4.79 Å². The molecule has 0 aliphatic carbocycles. The first-order valence-corrected chi connectivity index (χ1v) is 31.2. The molecule has 0 radical (unpaired) electrons. The lowest BCUT2D eigenvalue weighted by atomic mass is 9.98. The number of rotatable bonds is 52. The maximum Gasteiger partial charge on any atom is 0.335 e. The second kappa shape index (κ2) is 54.2. The molecule has 0 aromatic rings. The number of carbonyl (C=O) groups excluding carboxylic acids is 3. The normalized spacial score (nSPS) is 18.5. The number of aliphatic carboxylic acids is 1. The van der Waals surface area contributed by atoms with Gasteiger partial charge in [-0.1, -0.05) is 227 Å². The number of unbranched alkanes of at least 4 members (excludes halogenated alkanes) is 22. The van der Waals surface area contributed by atoms with Gasteiger partial charge in [-0.05, 0) is 103 Å². The maximum atomic E-state index is 13.1. The van der Waals surface area contributed by atoms with E-state index in [4.69, 9.17) is 23.7 Å². The number of ether oxygens (including phenoxy) is 5. The minimum Gasteiger partial charge on any atom is -0.479 e. The average Bonchev–Trinajstić information content (AvgIpc) is 3.48. The highest BCUT2D eigenvalue weighted by molar-refractivity contribution is 5.74. The van der Waals surface area contributed by atoms with Crippen LogP contribution in [-0.2, 0) is 42.9 Å². The Hall–Kier alpha value is -4.36. The van der Waals surface area contributed by atoms with E-state index in [0.717, 1.165) is 128 Å². The van der Waals surface area contributed by atoms with Gasteiger partial charge in [-0.3, -0.25) is 14.4 Å². The molecule has 0 aromatic carbocycles. The van der Waals surface area contributed by atoms with Crippen LogP contribution in [0.4, 0.5) is 0 Å². The van der Waals surface area contributed by atoms with Gasteiger partial charge in [0.05, 0.1) is 6.61 Å². The molecule has 1 fully saturated rings. The number of hydrogen-bond donors (Lipinski definition) is 3. The van der Waals surface area contributed by atoms with Crippen molar-refractivity contribution in [3.8, 4) is 0 Å². The Bertz CT molecular complexity index is 1740. The first-order chi connectivity index (χ1) is 38.6. The predicted octanol–water partition coefficient (Wildman–Crippen LogP) is 16.5. The third-order valence-electron chi connectivity index (χ3n) is 13.6. The van der Waals surface area contributed by atoms with Gasteiger partial charge < -0.3 is 39.0 Å². The highest BCUT2D eigenvalue weighted by Gasteiger charge is 2.50. The lowest BCUT2D eigenvalue weighted by Crippen LogP contribution is -2.61. The molecule has 0 aromatic heterocycles. The summed E-state index contributed by atoms with van der Waals surface area (Å²) in [6.45, 7) is 5.82. The molecule has 6 atom stereocenters. The molecule has 1 aliphatic heterocycles. The van der Waals surface area contributed by atoms with Gasteiger partial charge >= 0.3 is 23.9 Å². The first kappa shape index (κ1) is 72.7. The van der Waals surface area contributed by atoms with Crippen LogP contribution < -0.4 is 0 Å². The second-order valence-corrected chi connectivity index (χ2v) is 21.0. The Labute approximate surface area is 479 Å². The molecule has 6 unspecified atom stereocenters. The number of allylic oxidation sites excluding steroid dienone is 16. The van der Waals surface area contributed by atoms with Gasteiger partial charge in [0, 0.05) is 19.3 Å². The highest BCUT2D eigenvalue weighted by Crippen LogP contribution is 2.26. The smallest absolute Gasteiger partial charge is 0.335 e. The van der Waals surface area contributed by atoms with Crippen LogP contribution in [-0.4, -0.2) is 89.2 Å². The van der Waals surface area contributed by atoms with Crippen LogP contribution in [0.3, 0.4) is 0 Å². The van der Waals surface area contributed by atoms with Gasteiger partial charge in [-0.2, -0.15) is 0 Å². The summed E-state index contributed by atoms with van der Waals surface area (Å²) in [7, 11) is 0. The number of aliphatic hydroxyl groups is 2. The first-order valence-electron chi connectivity index (χ1n) is 31.2. The summed E-state index contributed by atoms with van der Waals surface area (Å²) in [6.07, 6.45) is 59.4. The lowest BCUT2D eigenvalue weighted by molar-refractivity contribution is -0.301. The van der Waals surface area contributed by atoms with Crippen LogP contribution in [0.5, 0.6) is 0 Å². The van der Waals surface area contributed by atoms with Crippen molar-refractivity contribution >= 4 is 23.9 Å². The fourth-order valence-electron chi connectivity index (χ4n) is 8.87. The third-order valence-corrected chi connectivity index (χ3v) is 13.6. The molecule has 450 valence electrons.